The van der Waals surface area contributed by atoms with Crippen LogP contribution in [-0.4, -0.2) is 224 Å². The molecule has 25 atom stereocenters. The predicted molar refractivity (Wildman–Crippen MR) is 263 cm³/mol. The fourth-order valence-electron chi connectivity index (χ4n) is 11.7. The van der Waals surface area contributed by atoms with Crippen LogP contribution in [-0.2, 0) is 63.3 Å². The van der Waals surface area contributed by atoms with Crippen LogP contribution in [0.3, 0.4) is 0 Å². The molecule has 2 aromatic rings. The Bertz CT molecular complexity index is 2370. The number of aliphatic hydroxyl groups is 8. The first-order valence-corrected chi connectivity index (χ1v) is 26.4. The van der Waals surface area contributed by atoms with E-state index in [2.05, 4.69) is 0 Å². The summed E-state index contributed by atoms with van der Waals surface area (Å²) in [6.45, 7) is 12.3. The molecule has 0 saturated carbocycles. The Hall–Kier alpha value is -3.32. The Morgan fingerprint density at radius 2 is 1.21 bits per heavy atom. The second kappa shape index (κ2) is 24.0. The molecule has 5 fully saturated rings. The van der Waals surface area contributed by atoms with Crippen LogP contribution < -0.4 is 4.74 Å². The van der Waals surface area contributed by atoms with Gasteiger partial charge in [-0.15, -0.1) is 0 Å². The largest absolute Gasteiger partial charge is 0.507 e. The molecular formula is C53H78O24. The monoisotopic (exact) mass is 1100 g/mol. The number of carbonyl (C=O) groups is 2. The van der Waals surface area contributed by atoms with Gasteiger partial charge in [0.2, 0.25) is 6.29 Å². The molecule has 10 N–H and O–H groups in total. The maximum atomic E-state index is 15.0. The number of ether oxygens (including phenoxy) is 12. The van der Waals surface area contributed by atoms with E-state index in [1.807, 2.05) is 0 Å². The number of phenolic OH excluding ortho intramolecular Hbond substituents is 2. The normalized spacial score (nSPS) is 42.1. The summed E-state index contributed by atoms with van der Waals surface area (Å²) in [6.07, 6.45) is -25.5. The first-order chi connectivity index (χ1) is 36.2. The van der Waals surface area contributed by atoms with Crippen LogP contribution in [0, 0.1) is 12.8 Å². The van der Waals surface area contributed by atoms with Gasteiger partial charge in [0.1, 0.15) is 66.1 Å². The van der Waals surface area contributed by atoms with E-state index >= 15 is 4.79 Å². The van der Waals surface area contributed by atoms with Crippen molar-refractivity contribution in [2.45, 2.75) is 241 Å². The highest BCUT2D eigenvalue weighted by Crippen LogP contribution is 2.48. The van der Waals surface area contributed by atoms with Gasteiger partial charge in [-0.25, -0.2) is 0 Å². The highest BCUT2D eigenvalue weighted by Gasteiger charge is 2.51. The quantitative estimate of drug-likeness (QED) is 0.109. The molecule has 0 spiro atoms. The third kappa shape index (κ3) is 12.3. The van der Waals surface area contributed by atoms with Crippen molar-refractivity contribution < 1.29 is 117 Å². The molecule has 77 heavy (non-hydrogen) atoms. The molecule has 0 bridgehead atoms. The first-order valence-electron chi connectivity index (χ1n) is 26.4. The van der Waals surface area contributed by atoms with Crippen molar-refractivity contribution >= 4 is 22.3 Å². The summed E-state index contributed by atoms with van der Waals surface area (Å²) >= 11 is 0. The number of phenols is 2. The summed E-state index contributed by atoms with van der Waals surface area (Å²) in [5.74, 6) is -4.01. The Balaban J connectivity index is 1.04. The number of methoxy groups -OCH3 is 2. The number of Topliss-reactive ketones (excluding diaryl/α,β-unsaturated/α-hetero) is 2. The number of aliphatic hydroxyl groups excluding tert-OH is 7. The molecule has 24 nitrogen and oxygen atoms in total. The second-order valence-electron chi connectivity index (χ2n) is 21.9. The van der Waals surface area contributed by atoms with Gasteiger partial charge in [-0.2, -0.15) is 0 Å². The lowest BCUT2D eigenvalue weighted by atomic mass is 9.75. The zero-order valence-electron chi connectivity index (χ0n) is 44.9. The minimum Gasteiger partial charge on any atom is -0.507 e. The minimum absolute atomic E-state index is 0.00357. The van der Waals surface area contributed by atoms with Crippen molar-refractivity contribution in [2.24, 2.45) is 5.92 Å². The fourth-order valence-corrected chi connectivity index (χ4v) is 11.7. The molecule has 5 heterocycles. The maximum absolute atomic E-state index is 15.0. The highest BCUT2D eigenvalue weighted by atomic mass is 16.7. The first kappa shape index (κ1) is 59.8. The molecule has 24 heteroatoms. The predicted octanol–water partition coefficient (Wildman–Crippen LogP) is 0.405. The van der Waals surface area contributed by atoms with Crippen LogP contribution in [0.4, 0.5) is 0 Å². The summed E-state index contributed by atoms with van der Waals surface area (Å²) in [4.78, 5) is 29.0. The molecule has 8 rings (SSSR count). The van der Waals surface area contributed by atoms with Crippen LogP contribution >= 0.6 is 0 Å². The Labute approximate surface area is 445 Å². The molecule has 2 aromatic carbocycles. The van der Waals surface area contributed by atoms with Gasteiger partial charge >= 0.3 is 0 Å². The van der Waals surface area contributed by atoms with Crippen LogP contribution in [0.25, 0.3) is 10.8 Å². The molecule has 434 valence electrons. The van der Waals surface area contributed by atoms with E-state index in [1.54, 1.807) is 34.6 Å². The lowest BCUT2D eigenvalue weighted by Gasteiger charge is -2.46. The summed E-state index contributed by atoms with van der Waals surface area (Å²) in [6, 6.07) is 3.06. The third-order valence-corrected chi connectivity index (χ3v) is 16.1. The zero-order chi connectivity index (χ0) is 56.3. The van der Waals surface area contributed by atoms with Crippen molar-refractivity contribution in [1.29, 1.82) is 0 Å². The molecule has 0 radical (unpaired) electrons. The molecule has 0 amide bonds. The maximum Gasteiger partial charge on any atom is 0.202 e. The summed E-state index contributed by atoms with van der Waals surface area (Å²) in [5.41, 5.74) is -1.44. The van der Waals surface area contributed by atoms with E-state index in [1.165, 1.54) is 47.1 Å². The number of benzene rings is 2. The van der Waals surface area contributed by atoms with Gasteiger partial charge in [0.05, 0.1) is 77.6 Å². The van der Waals surface area contributed by atoms with Crippen LogP contribution in [0.1, 0.15) is 102 Å². The molecular weight excluding hydrogens is 1020 g/mol. The number of aromatic hydroxyl groups is 2. The SMILES string of the molecule is COC(C(=O)C(O)C(C)O)C1Cc2cc3cc(OC4CC(OC5CC(O)C(OC)C(C)O5)C(O)C(C)O4)c(C)c(O)c3c(O)c2C(=O)C1OC1CC(OC2CC(OC3CC(C)(O)C(O)C(C)O3)C(O)C(C)O2)C(O)C(C)O1. The molecule has 25 unspecified atom stereocenters. The van der Waals surface area contributed by atoms with Crippen LogP contribution in [0.2, 0.25) is 0 Å². The van der Waals surface area contributed by atoms with Crippen molar-refractivity contribution in [3.05, 3.63) is 28.8 Å². The lowest BCUT2D eigenvalue weighted by Crippen LogP contribution is -2.58. The number of hydrogen-bond acceptors (Lipinski definition) is 24. The minimum atomic E-state index is -1.94. The standard InChI is InChI=1S/C53H78O24/c1-19-30(73-35-15-31(43(58)21(3)68-35)74-34-14-29(55)49(66-9)24(6)71-34)13-27-11-26-12-28(50(67-10)48(63)42(57)20(2)54)51(47(62)40(26)46(61)39(27)41(19)56)77-37-17-32(44(59)23(5)70-37)75-36-16-33(45(60)22(4)69-36)76-38-18-53(8,65)52(64)25(7)72-38/h11,13,20-25,28-29,31-38,42-45,49-52,54-61,64-65H,12,14-18H2,1-10H3. The van der Waals surface area contributed by atoms with Gasteiger partial charge in [-0.05, 0) is 84.9 Å². The van der Waals surface area contributed by atoms with E-state index in [9.17, 15) is 55.9 Å². The van der Waals surface area contributed by atoms with Crippen molar-refractivity contribution in [3.8, 4) is 17.2 Å². The summed E-state index contributed by atoms with van der Waals surface area (Å²) in [5, 5.41) is 111. The average molecular weight is 1100 g/mol. The van der Waals surface area contributed by atoms with Gasteiger partial charge in [-0.3, -0.25) is 9.59 Å². The summed E-state index contributed by atoms with van der Waals surface area (Å²) < 4.78 is 72.3. The Kier molecular flexibility index (Phi) is 18.7. The van der Waals surface area contributed by atoms with E-state index < -0.39 is 176 Å². The van der Waals surface area contributed by atoms with Crippen molar-refractivity contribution in [1.82, 2.24) is 0 Å². The second-order valence-corrected chi connectivity index (χ2v) is 21.9. The number of hydrogen-bond donors (Lipinski definition) is 10. The van der Waals surface area contributed by atoms with Crippen LogP contribution in [0.5, 0.6) is 17.2 Å². The van der Waals surface area contributed by atoms with Gasteiger partial charge < -0.3 is 108 Å². The molecule has 5 saturated heterocycles. The van der Waals surface area contributed by atoms with Crippen molar-refractivity contribution in [3.63, 3.8) is 0 Å². The molecule has 5 aliphatic heterocycles. The van der Waals surface area contributed by atoms with E-state index in [0.717, 1.165) is 0 Å². The Morgan fingerprint density at radius 3 is 1.74 bits per heavy atom. The summed E-state index contributed by atoms with van der Waals surface area (Å²) in [7, 11) is 2.66. The average Bonchev–Trinajstić information content (AvgIpc) is 3.36. The van der Waals surface area contributed by atoms with Gasteiger partial charge in [-0.1, -0.05) is 0 Å². The number of fused-ring (bicyclic) bond motifs is 2. The van der Waals surface area contributed by atoms with Crippen molar-refractivity contribution in [2.75, 3.05) is 14.2 Å². The number of ketones is 2. The van der Waals surface area contributed by atoms with E-state index in [4.69, 9.17) is 56.8 Å². The number of rotatable bonds is 16. The molecule has 1 aliphatic carbocycles. The Morgan fingerprint density at radius 1 is 0.701 bits per heavy atom. The molecule has 0 aromatic heterocycles. The van der Waals surface area contributed by atoms with Gasteiger partial charge in [0.25, 0.3) is 0 Å². The van der Waals surface area contributed by atoms with E-state index in [-0.39, 0.29) is 71.7 Å². The van der Waals surface area contributed by atoms with Gasteiger partial charge in [0, 0.05) is 57.8 Å². The molecule has 6 aliphatic rings. The lowest BCUT2D eigenvalue weighted by molar-refractivity contribution is -0.334. The fraction of sp³-hybridized carbons (Fsp3) is 0.774. The smallest absolute Gasteiger partial charge is 0.202 e. The highest BCUT2D eigenvalue weighted by molar-refractivity contribution is 6.11. The van der Waals surface area contributed by atoms with Gasteiger partial charge in [0.15, 0.2) is 36.7 Å². The zero-order valence-corrected chi connectivity index (χ0v) is 44.9. The van der Waals surface area contributed by atoms with Crippen LogP contribution in [0.15, 0.2) is 12.1 Å². The number of carbonyl (C=O) groups excluding carboxylic acids is 2. The third-order valence-electron chi connectivity index (χ3n) is 16.1. The van der Waals surface area contributed by atoms with E-state index in [0.29, 0.717) is 0 Å². The topological polar surface area (TPSA) is 347 Å².